The summed E-state index contributed by atoms with van der Waals surface area (Å²) in [6.45, 7) is 3.05. The number of amides is 2. The Labute approximate surface area is 139 Å². The Hall–Kier alpha value is -3.09. The lowest BCUT2D eigenvalue weighted by atomic mass is 10.1. The zero-order valence-corrected chi connectivity index (χ0v) is 13.4. The quantitative estimate of drug-likeness (QED) is 0.787. The summed E-state index contributed by atoms with van der Waals surface area (Å²) in [6, 6.07) is 8.63. The first-order chi connectivity index (χ1) is 11.5. The summed E-state index contributed by atoms with van der Waals surface area (Å²) in [7, 11) is 0. The van der Waals surface area contributed by atoms with Crippen LogP contribution >= 0.6 is 0 Å². The molecule has 0 bridgehead atoms. The van der Waals surface area contributed by atoms with E-state index < -0.39 is 24.4 Å². The number of nitrogens with one attached hydrogen (secondary N) is 2. The van der Waals surface area contributed by atoms with Crippen LogP contribution in [-0.2, 0) is 14.3 Å². The van der Waals surface area contributed by atoms with Crippen LogP contribution in [0.5, 0.6) is 0 Å². The molecule has 1 aromatic heterocycles. The minimum Gasteiger partial charge on any atom is -0.459 e. The third-order valence-corrected chi connectivity index (χ3v) is 3.16. The molecule has 0 spiro atoms. The molecule has 2 aromatic rings. The molecule has 126 valence electrons. The fraction of sp³-hybridized carbons (Fsp3) is 0.235. The highest BCUT2D eigenvalue weighted by molar-refractivity contribution is 5.95. The largest absolute Gasteiger partial charge is 0.459 e. The van der Waals surface area contributed by atoms with E-state index in [0.29, 0.717) is 5.69 Å². The Morgan fingerprint density at radius 3 is 2.62 bits per heavy atom. The number of esters is 1. The number of carbonyl (C=O) groups is 3. The molecule has 7 heteroatoms. The van der Waals surface area contributed by atoms with Crippen molar-refractivity contribution >= 4 is 23.5 Å². The third kappa shape index (κ3) is 4.98. The van der Waals surface area contributed by atoms with Crippen molar-refractivity contribution in [1.29, 1.82) is 0 Å². The van der Waals surface area contributed by atoms with Gasteiger partial charge in [-0.15, -0.1) is 0 Å². The van der Waals surface area contributed by atoms with Crippen molar-refractivity contribution < 1.29 is 23.5 Å². The van der Waals surface area contributed by atoms with Gasteiger partial charge >= 0.3 is 5.97 Å². The molecular weight excluding hydrogens is 312 g/mol. The lowest BCUT2D eigenvalue weighted by Crippen LogP contribution is -2.32. The first-order valence-electron chi connectivity index (χ1n) is 7.30. The lowest BCUT2D eigenvalue weighted by molar-refractivity contribution is -0.146. The molecule has 2 rings (SSSR count). The summed E-state index contributed by atoms with van der Waals surface area (Å²) in [5, 5.41) is 5.00. The predicted octanol–water partition coefficient (Wildman–Crippen LogP) is 1.81. The minimum absolute atomic E-state index is 0.0930. The second-order valence-corrected chi connectivity index (χ2v) is 5.19. The van der Waals surface area contributed by atoms with Gasteiger partial charge in [0.15, 0.2) is 12.4 Å². The third-order valence-electron chi connectivity index (χ3n) is 3.16. The van der Waals surface area contributed by atoms with Gasteiger partial charge in [0.05, 0.1) is 6.26 Å². The van der Waals surface area contributed by atoms with Gasteiger partial charge in [0, 0.05) is 5.69 Å². The molecule has 0 unspecified atom stereocenters. The van der Waals surface area contributed by atoms with Crippen LogP contribution in [0.1, 0.15) is 21.7 Å². The van der Waals surface area contributed by atoms with Crippen molar-refractivity contribution in [2.24, 2.45) is 0 Å². The predicted molar refractivity (Wildman–Crippen MR) is 86.5 cm³/mol. The number of ether oxygens (including phenoxy) is 1. The molecule has 2 N–H and O–H groups in total. The molecule has 0 atom stereocenters. The monoisotopic (exact) mass is 330 g/mol. The standard InChI is InChI=1S/C17H18N2O5/c1-11-5-6-13(12(2)8-11)19-15(20)10-24-16(21)9-18-17(22)14-4-3-7-23-14/h3-8H,9-10H2,1-2H3,(H,18,22)(H,19,20). The van der Waals surface area contributed by atoms with Crippen molar-refractivity contribution in [1.82, 2.24) is 5.32 Å². The maximum absolute atomic E-state index is 11.8. The van der Waals surface area contributed by atoms with Gasteiger partial charge in [-0.05, 0) is 37.6 Å². The number of hydrogen-bond donors (Lipinski definition) is 2. The Bertz CT molecular complexity index is 737. The van der Waals surface area contributed by atoms with Gasteiger partial charge < -0.3 is 19.8 Å². The number of carbonyl (C=O) groups excluding carboxylic acids is 3. The zero-order chi connectivity index (χ0) is 17.5. The van der Waals surface area contributed by atoms with Gasteiger partial charge in [-0.25, -0.2) is 0 Å². The van der Waals surface area contributed by atoms with Crippen molar-refractivity contribution in [2.45, 2.75) is 13.8 Å². The maximum Gasteiger partial charge on any atom is 0.325 e. The molecular formula is C17H18N2O5. The van der Waals surface area contributed by atoms with E-state index in [9.17, 15) is 14.4 Å². The van der Waals surface area contributed by atoms with Crippen LogP contribution in [0.15, 0.2) is 41.0 Å². The van der Waals surface area contributed by atoms with Crippen molar-refractivity contribution in [3.63, 3.8) is 0 Å². The van der Waals surface area contributed by atoms with Crippen LogP contribution < -0.4 is 10.6 Å². The Balaban J connectivity index is 1.73. The molecule has 2 amide bonds. The second-order valence-electron chi connectivity index (χ2n) is 5.19. The van der Waals surface area contributed by atoms with Crippen LogP contribution in [0.2, 0.25) is 0 Å². The smallest absolute Gasteiger partial charge is 0.325 e. The molecule has 0 aliphatic rings. The van der Waals surface area contributed by atoms with E-state index in [1.807, 2.05) is 26.0 Å². The molecule has 0 fully saturated rings. The van der Waals surface area contributed by atoms with Gasteiger partial charge in [0.1, 0.15) is 6.54 Å². The van der Waals surface area contributed by atoms with E-state index >= 15 is 0 Å². The van der Waals surface area contributed by atoms with Gasteiger partial charge in [-0.1, -0.05) is 17.7 Å². The Morgan fingerprint density at radius 1 is 1.17 bits per heavy atom. The van der Waals surface area contributed by atoms with E-state index in [1.54, 1.807) is 12.1 Å². The van der Waals surface area contributed by atoms with E-state index in [2.05, 4.69) is 10.6 Å². The summed E-state index contributed by atoms with van der Waals surface area (Å²) in [5.41, 5.74) is 2.66. The molecule has 0 aliphatic carbocycles. The summed E-state index contributed by atoms with van der Waals surface area (Å²) in [6.07, 6.45) is 1.35. The van der Waals surface area contributed by atoms with Gasteiger partial charge in [0.25, 0.3) is 11.8 Å². The van der Waals surface area contributed by atoms with Crippen molar-refractivity contribution in [3.05, 3.63) is 53.5 Å². The van der Waals surface area contributed by atoms with E-state index in [-0.39, 0.29) is 12.3 Å². The second kappa shape index (κ2) is 7.96. The molecule has 0 saturated carbocycles. The highest BCUT2D eigenvalue weighted by Gasteiger charge is 2.12. The highest BCUT2D eigenvalue weighted by atomic mass is 16.5. The average molecular weight is 330 g/mol. The molecule has 24 heavy (non-hydrogen) atoms. The Morgan fingerprint density at radius 2 is 1.96 bits per heavy atom. The number of furan rings is 1. The fourth-order valence-corrected chi connectivity index (χ4v) is 1.98. The molecule has 0 aliphatic heterocycles. The lowest BCUT2D eigenvalue weighted by Gasteiger charge is -2.09. The molecule has 1 heterocycles. The van der Waals surface area contributed by atoms with Crippen LogP contribution in [0.4, 0.5) is 5.69 Å². The number of rotatable bonds is 6. The van der Waals surface area contributed by atoms with Gasteiger partial charge in [0.2, 0.25) is 0 Å². The molecule has 0 saturated heterocycles. The highest BCUT2D eigenvalue weighted by Crippen LogP contribution is 2.15. The number of benzene rings is 1. The van der Waals surface area contributed by atoms with Gasteiger partial charge in [-0.3, -0.25) is 14.4 Å². The van der Waals surface area contributed by atoms with E-state index in [4.69, 9.17) is 9.15 Å². The first kappa shape index (κ1) is 17.3. The number of anilines is 1. The average Bonchev–Trinajstić information content (AvgIpc) is 3.08. The fourth-order valence-electron chi connectivity index (χ4n) is 1.98. The van der Waals surface area contributed by atoms with E-state index in [0.717, 1.165) is 11.1 Å². The van der Waals surface area contributed by atoms with Crippen LogP contribution in [0.25, 0.3) is 0 Å². The first-order valence-corrected chi connectivity index (χ1v) is 7.30. The van der Waals surface area contributed by atoms with Crippen molar-refractivity contribution in [2.75, 3.05) is 18.5 Å². The summed E-state index contributed by atoms with van der Waals surface area (Å²) >= 11 is 0. The molecule has 1 aromatic carbocycles. The van der Waals surface area contributed by atoms with Crippen molar-refractivity contribution in [3.8, 4) is 0 Å². The van der Waals surface area contributed by atoms with Crippen LogP contribution in [0, 0.1) is 13.8 Å². The minimum atomic E-state index is -0.717. The van der Waals surface area contributed by atoms with Gasteiger partial charge in [-0.2, -0.15) is 0 Å². The van der Waals surface area contributed by atoms with Crippen LogP contribution in [0.3, 0.4) is 0 Å². The number of hydrogen-bond acceptors (Lipinski definition) is 5. The number of aryl methyl sites for hydroxylation is 2. The van der Waals surface area contributed by atoms with Crippen LogP contribution in [-0.4, -0.2) is 30.9 Å². The Kier molecular flexibility index (Phi) is 5.73. The summed E-state index contributed by atoms with van der Waals surface area (Å²) in [5.74, 6) is -1.61. The zero-order valence-electron chi connectivity index (χ0n) is 13.4. The summed E-state index contributed by atoms with van der Waals surface area (Å²) < 4.78 is 9.69. The van der Waals surface area contributed by atoms with E-state index in [1.165, 1.54) is 12.3 Å². The normalized spacial score (nSPS) is 10.1. The molecule has 7 nitrogen and oxygen atoms in total. The SMILES string of the molecule is Cc1ccc(NC(=O)COC(=O)CNC(=O)c2ccco2)c(C)c1. The molecule has 0 radical (unpaired) electrons. The topological polar surface area (TPSA) is 97.6 Å². The maximum atomic E-state index is 11.8. The summed E-state index contributed by atoms with van der Waals surface area (Å²) in [4.78, 5) is 34.9.